The molecule has 6 unspecified atom stereocenters. The molecule has 0 aromatic rings. The van der Waals surface area contributed by atoms with Crippen molar-refractivity contribution in [2.45, 2.75) is 63.6 Å². The number of urea groups is 1. The van der Waals surface area contributed by atoms with E-state index in [-0.39, 0.29) is 43.0 Å². The first kappa shape index (κ1) is 21.3. The van der Waals surface area contributed by atoms with E-state index in [0.717, 1.165) is 44.2 Å². The van der Waals surface area contributed by atoms with E-state index in [9.17, 15) is 9.59 Å². The van der Waals surface area contributed by atoms with Gasteiger partial charge in [0.2, 0.25) is 5.91 Å². The fourth-order valence-corrected chi connectivity index (χ4v) is 4.63. The molecule has 0 aromatic carbocycles. The summed E-state index contributed by atoms with van der Waals surface area (Å²) in [5, 5.41) is 19.5. The summed E-state index contributed by atoms with van der Waals surface area (Å²) in [6, 6.07) is 0.343. The lowest BCUT2D eigenvalue weighted by atomic mass is 9.73. The Balaban J connectivity index is 1.42. The zero-order valence-electron chi connectivity index (χ0n) is 17.4. The van der Waals surface area contributed by atoms with Crippen LogP contribution in [0.4, 0.5) is 4.79 Å². The van der Waals surface area contributed by atoms with Gasteiger partial charge in [0.1, 0.15) is 6.29 Å². The van der Waals surface area contributed by atoms with E-state index in [1.165, 1.54) is 12.8 Å². The van der Waals surface area contributed by atoms with Crippen LogP contribution in [0.3, 0.4) is 0 Å². The molecule has 0 aromatic heterocycles. The SMILES string of the molecule is CC1CC(NCC(=O)N(C)C)NC(NC(=O)NC2CCC3CNCCC3C2)N1. The van der Waals surface area contributed by atoms with E-state index in [2.05, 4.69) is 38.8 Å². The molecule has 0 spiro atoms. The molecular formula is C19H37N7O2. The molecule has 9 nitrogen and oxygen atoms in total. The second-order valence-electron chi connectivity index (χ2n) is 8.77. The molecule has 3 fully saturated rings. The number of likely N-dealkylation sites (N-methyl/N-ethyl adjacent to an activating group) is 1. The number of piperidine rings is 1. The van der Waals surface area contributed by atoms with Crippen LogP contribution >= 0.6 is 0 Å². The maximum absolute atomic E-state index is 12.5. The summed E-state index contributed by atoms with van der Waals surface area (Å²) >= 11 is 0. The number of nitrogens with one attached hydrogen (secondary N) is 6. The Hall–Kier alpha value is -1.42. The van der Waals surface area contributed by atoms with E-state index >= 15 is 0 Å². The summed E-state index contributed by atoms with van der Waals surface area (Å²) in [6.45, 7) is 4.57. The van der Waals surface area contributed by atoms with Gasteiger partial charge in [0.25, 0.3) is 0 Å². The number of fused-ring (bicyclic) bond motifs is 1. The molecule has 28 heavy (non-hydrogen) atoms. The lowest BCUT2D eigenvalue weighted by molar-refractivity contribution is -0.128. The Bertz CT molecular complexity index is 544. The molecule has 6 N–H and O–H groups in total. The van der Waals surface area contributed by atoms with E-state index in [1.54, 1.807) is 19.0 Å². The number of amides is 3. The average molecular weight is 396 g/mol. The van der Waals surface area contributed by atoms with Gasteiger partial charge in [-0.05, 0) is 64.0 Å². The van der Waals surface area contributed by atoms with Gasteiger partial charge in [-0.15, -0.1) is 0 Å². The summed E-state index contributed by atoms with van der Waals surface area (Å²) in [5.41, 5.74) is 0. The van der Waals surface area contributed by atoms with Crippen LogP contribution in [-0.4, -0.2) is 75.1 Å². The number of carbonyl (C=O) groups is 2. The maximum atomic E-state index is 12.5. The van der Waals surface area contributed by atoms with Gasteiger partial charge in [0, 0.05) is 26.2 Å². The highest BCUT2D eigenvalue weighted by molar-refractivity contribution is 5.77. The normalized spacial score (nSPS) is 35.5. The summed E-state index contributed by atoms with van der Waals surface area (Å²) in [7, 11) is 3.49. The monoisotopic (exact) mass is 395 g/mol. The van der Waals surface area contributed by atoms with E-state index in [4.69, 9.17) is 0 Å². The molecule has 1 aliphatic carbocycles. The van der Waals surface area contributed by atoms with Gasteiger partial charge in [0.05, 0.1) is 12.7 Å². The molecule has 0 bridgehead atoms. The Morgan fingerprint density at radius 3 is 2.64 bits per heavy atom. The van der Waals surface area contributed by atoms with E-state index in [1.807, 2.05) is 0 Å². The molecule has 2 saturated heterocycles. The Morgan fingerprint density at radius 2 is 1.86 bits per heavy atom. The molecule has 3 rings (SSSR count). The largest absolute Gasteiger partial charge is 0.348 e. The van der Waals surface area contributed by atoms with Crippen LogP contribution in [0.2, 0.25) is 0 Å². The fourth-order valence-electron chi connectivity index (χ4n) is 4.63. The molecule has 3 amide bonds. The molecule has 160 valence electrons. The van der Waals surface area contributed by atoms with E-state index < -0.39 is 0 Å². The molecule has 9 heteroatoms. The quantitative estimate of drug-likeness (QED) is 0.368. The minimum absolute atomic E-state index is 0.0313. The number of hydrogen-bond acceptors (Lipinski definition) is 6. The average Bonchev–Trinajstić information content (AvgIpc) is 2.65. The lowest BCUT2D eigenvalue weighted by Gasteiger charge is -2.40. The minimum atomic E-state index is -0.328. The predicted octanol–water partition coefficient (Wildman–Crippen LogP) is -0.677. The first-order chi connectivity index (χ1) is 13.4. The predicted molar refractivity (Wildman–Crippen MR) is 108 cm³/mol. The van der Waals surface area contributed by atoms with Crippen LogP contribution in [0.15, 0.2) is 0 Å². The van der Waals surface area contributed by atoms with Crippen molar-refractivity contribution in [3.8, 4) is 0 Å². The highest BCUT2D eigenvalue weighted by Gasteiger charge is 2.33. The zero-order valence-corrected chi connectivity index (χ0v) is 17.4. The lowest BCUT2D eigenvalue weighted by Crippen LogP contribution is -2.69. The minimum Gasteiger partial charge on any atom is -0.348 e. The van der Waals surface area contributed by atoms with Crippen molar-refractivity contribution in [2.24, 2.45) is 11.8 Å². The van der Waals surface area contributed by atoms with Gasteiger partial charge in [-0.3, -0.25) is 20.7 Å². The van der Waals surface area contributed by atoms with Crippen molar-refractivity contribution in [2.75, 3.05) is 33.7 Å². The number of rotatable bonds is 5. The van der Waals surface area contributed by atoms with Gasteiger partial charge < -0.3 is 20.9 Å². The summed E-state index contributed by atoms with van der Waals surface area (Å²) in [4.78, 5) is 25.9. The topological polar surface area (TPSA) is 110 Å². The van der Waals surface area contributed by atoms with Gasteiger partial charge in [-0.1, -0.05) is 0 Å². The van der Waals surface area contributed by atoms with Crippen LogP contribution in [-0.2, 0) is 4.79 Å². The van der Waals surface area contributed by atoms with Crippen LogP contribution in [0, 0.1) is 11.8 Å². The van der Waals surface area contributed by atoms with Crippen LogP contribution in [0.1, 0.15) is 39.0 Å². The highest BCUT2D eigenvalue weighted by atomic mass is 16.2. The van der Waals surface area contributed by atoms with Crippen molar-refractivity contribution < 1.29 is 9.59 Å². The van der Waals surface area contributed by atoms with Gasteiger partial charge in [-0.25, -0.2) is 4.79 Å². The second-order valence-corrected chi connectivity index (χ2v) is 8.77. The third kappa shape index (κ3) is 6.04. The van der Waals surface area contributed by atoms with Crippen molar-refractivity contribution in [3.05, 3.63) is 0 Å². The number of nitrogens with zero attached hydrogens (tertiary/aromatic N) is 1. The molecule has 0 radical (unpaired) electrons. The standard InChI is InChI=1S/C19H37N7O2/c1-12-8-16(21-11-17(27)26(2)3)24-18(22-12)25-19(28)23-15-5-4-14-10-20-7-6-13(14)9-15/h12-16,18,20-22,24H,4-11H2,1-3H3,(H2,23,25,28). The summed E-state index contributed by atoms with van der Waals surface area (Å²) in [6.07, 6.45) is 5.01. The van der Waals surface area contributed by atoms with Crippen molar-refractivity contribution in [3.63, 3.8) is 0 Å². The Kier molecular flexibility index (Phi) is 7.50. The van der Waals surface area contributed by atoms with Crippen molar-refractivity contribution >= 4 is 11.9 Å². The molecule has 2 aliphatic heterocycles. The zero-order chi connectivity index (χ0) is 20.1. The molecule has 6 atom stereocenters. The van der Waals surface area contributed by atoms with Gasteiger partial charge in [-0.2, -0.15) is 0 Å². The maximum Gasteiger partial charge on any atom is 0.317 e. The molecular weight excluding hydrogens is 358 g/mol. The number of carbonyl (C=O) groups excluding carboxylic acids is 2. The third-order valence-electron chi connectivity index (χ3n) is 6.26. The van der Waals surface area contributed by atoms with Crippen molar-refractivity contribution in [1.82, 2.24) is 36.8 Å². The molecule has 2 heterocycles. The number of hydrogen-bond donors (Lipinski definition) is 6. The summed E-state index contributed by atoms with van der Waals surface area (Å²) < 4.78 is 0. The Labute approximate surface area is 168 Å². The first-order valence-corrected chi connectivity index (χ1v) is 10.6. The first-order valence-electron chi connectivity index (χ1n) is 10.6. The van der Waals surface area contributed by atoms with Crippen LogP contribution in [0.25, 0.3) is 0 Å². The van der Waals surface area contributed by atoms with Crippen LogP contribution < -0.4 is 31.9 Å². The third-order valence-corrected chi connectivity index (χ3v) is 6.26. The van der Waals surface area contributed by atoms with Crippen LogP contribution in [0.5, 0.6) is 0 Å². The van der Waals surface area contributed by atoms with Crippen molar-refractivity contribution in [1.29, 1.82) is 0 Å². The van der Waals surface area contributed by atoms with Gasteiger partial charge in [0.15, 0.2) is 0 Å². The van der Waals surface area contributed by atoms with E-state index in [0.29, 0.717) is 0 Å². The Morgan fingerprint density at radius 1 is 1.04 bits per heavy atom. The highest BCUT2D eigenvalue weighted by Crippen LogP contribution is 2.33. The molecule has 1 saturated carbocycles. The smallest absolute Gasteiger partial charge is 0.317 e. The summed E-state index contributed by atoms with van der Waals surface area (Å²) in [5.74, 6) is 1.53. The fraction of sp³-hybridized carbons (Fsp3) is 0.895. The molecule has 3 aliphatic rings. The second kappa shape index (κ2) is 9.87. The van der Waals surface area contributed by atoms with Gasteiger partial charge >= 0.3 is 6.03 Å².